The topological polar surface area (TPSA) is 49.4 Å². The van der Waals surface area contributed by atoms with Gasteiger partial charge in [0.25, 0.3) is 0 Å². The zero-order valence-corrected chi connectivity index (χ0v) is 19.4. The molecule has 172 valence electrons. The highest BCUT2D eigenvalue weighted by Gasteiger charge is 2.28. The zero-order valence-electron chi connectivity index (χ0n) is 18.6. The average Bonchev–Trinajstić information content (AvgIpc) is 2.85. The quantitative estimate of drug-likeness (QED) is 0.409. The summed E-state index contributed by atoms with van der Waals surface area (Å²) < 4.78 is 42.8. The van der Waals surface area contributed by atoms with Gasteiger partial charge in [0.2, 0.25) is 10.0 Å². The Bertz CT molecular complexity index is 1390. The Morgan fingerprint density at radius 1 is 0.824 bits per heavy atom. The van der Waals surface area contributed by atoms with Crippen LogP contribution in [-0.4, -0.2) is 21.0 Å². The maximum absolute atomic E-state index is 13.8. The van der Waals surface area contributed by atoms with Crippen molar-refractivity contribution in [2.24, 2.45) is 0 Å². The number of rotatable bonds is 6. The molecule has 6 heteroatoms. The van der Waals surface area contributed by atoms with E-state index in [1.165, 1.54) is 12.1 Å². The number of hydrogen-bond donors (Lipinski definition) is 1. The number of nitrogens with zero attached hydrogens (tertiary/aromatic N) is 1. The Balaban J connectivity index is 1.49. The summed E-state index contributed by atoms with van der Waals surface area (Å²) in [7, 11) is -3.65. The molecule has 0 radical (unpaired) electrons. The molecule has 4 nitrogen and oxygen atoms in total. The molecule has 34 heavy (non-hydrogen) atoms. The van der Waals surface area contributed by atoms with E-state index in [1.54, 1.807) is 36.4 Å². The van der Waals surface area contributed by atoms with E-state index in [9.17, 15) is 12.8 Å². The standard InChI is InChI=1S/C28H25FN2O2S/c29-25-11-7-10-22(17-25)23-14-15-28-24(16-23)18-26(20-31(28)19-21-8-3-1-4-9-21)30-34(32,33)27-12-5-2-6-13-27/h1-17,26,30H,18-20H2. The first-order chi connectivity index (χ1) is 16.5. The molecule has 4 aromatic carbocycles. The molecule has 4 aromatic rings. The highest BCUT2D eigenvalue weighted by Crippen LogP contribution is 2.33. The van der Waals surface area contributed by atoms with Crippen molar-refractivity contribution in [2.75, 3.05) is 11.4 Å². The second kappa shape index (κ2) is 9.41. The molecule has 1 aliphatic heterocycles. The van der Waals surface area contributed by atoms with Crippen molar-refractivity contribution in [3.63, 3.8) is 0 Å². The fourth-order valence-electron chi connectivity index (χ4n) is 4.52. The van der Waals surface area contributed by atoms with E-state index in [0.717, 1.165) is 27.9 Å². The number of fused-ring (bicyclic) bond motifs is 1. The van der Waals surface area contributed by atoms with Crippen molar-refractivity contribution in [1.29, 1.82) is 0 Å². The van der Waals surface area contributed by atoms with Crippen LogP contribution in [0.4, 0.5) is 10.1 Å². The summed E-state index contributed by atoms with van der Waals surface area (Å²) in [4.78, 5) is 2.46. The highest BCUT2D eigenvalue weighted by atomic mass is 32.2. The predicted molar refractivity (Wildman–Crippen MR) is 134 cm³/mol. The molecule has 1 heterocycles. The van der Waals surface area contributed by atoms with Gasteiger partial charge in [-0.15, -0.1) is 0 Å². The van der Waals surface area contributed by atoms with Crippen LogP contribution in [0.2, 0.25) is 0 Å². The maximum atomic E-state index is 13.8. The van der Waals surface area contributed by atoms with Crippen molar-refractivity contribution in [2.45, 2.75) is 23.9 Å². The maximum Gasteiger partial charge on any atom is 0.240 e. The number of anilines is 1. The van der Waals surface area contributed by atoms with Crippen LogP contribution >= 0.6 is 0 Å². The lowest BCUT2D eigenvalue weighted by Crippen LogP contribution is -2.48. The minimum Gasteiger partial charge on any atom is -0.365 e. The molecular weight excluding hydrogens is 447 g/mol. The minimum absolute atomic E-state index is 0.254. The molecule has 0 bridgehead atoms. The lowest BCUT2D eigenvalue weighted by atomic mass is 9.94. The molecule has 0 amide bonds. The van der Waals surface area contributed by atoms with Crippen LogP contribution in [0.5, 0.6) is 0 Å². The molecule has 0 saturated carbocycles. The number of halogens is 1. The van der Waals surface area contributed by atoms with Gasteiger partial charge in [-0.2, -0.15) is 0 Å². The largest absolute Gasteiger partial charge is 0.365 e. The van der Waals surface area contributed by atoms with Gasteiger partial charge < -0.3 is 4.90 Å². The monoisotopic (exact) mass is 472 g/mol. The third-order valence-corrected chi connectivity index (χ3v) is 7.61. The fraction of sp³-hybridized carbons (Fsp3) is 0.143. The van der Waals surface area contributed by atoms with Crippen LogP contribution in [0.25, 0.3) is 11.1 Å². The molecule has 1 N–H and O–H groups in total. The number of benzene rings is 4. The smallest absolute Gasteiger partial charge is 0.240 e. The first-order valence-electron chi connectivity index (χ1n) is 11.2. The zero-order chi connectivity index (χ0) is 23.5. The molecular formula is C28H25FN2O2S. The Kier molecular flexibility index (Phi) is 6.18. The molecule has 1 aliphatic rings. The van der Waals surface area contributed by atoms with Crippen molar-refractivity contribution >= 4 is 15.7 Å². The first kappa shape index (κ1) is 22.3. The van der Waals surface area contributed by atoms with Crippen molar-refractivity contribution in [1.82, 2.24) is 4.72 Å². The third kappa shape index (κ3) is 4.88. The van der Waals surface area contributed by atoms with Crippen LogP contribution in [0, 0.1) is 5.82 Å². The van der Waals surface area contributed by atoms with Crippen molar-refractivity contribution in [3.8, 4) is 11.1 Å². The Morgan fingerprint density at radius 2 is 1.53 bits per heavy atom. The summed E-state index contributed by atoms with van der Waals surface area (Å²) in [6, 6.07) is 30.9. The molecule has 1 unspecified atom stereocenters. The summed E-state index contributed by atoms with van der Waals surface area (Å²) in [6.07, 6.45) is 0.551. The second-order valence-electron chi connectivity index (χ2n) is 8.56. The summed E-state index contributed by atoms with van der Waals surface area (Å²) in [5.41, 5.74) is 4.95. The minimum atomic E-state index is -3.65. The molecule has 1 atom stereocenters. The molecule has 0 spiro atoms. The number of sulfonamides is 1. The van der Waals surface area contributed by atoms with Gasteiger partial charge in [0.1, 0.15) is 5.82 Å². The van der Waals surface area contributed by atoms with Crippen LogP contribution in [0.1, 0.15) is 11.1 Å². The van der Waals surface area contributed by atoms with Crippen molar-refractivity contribution < 1.29 is 12.8 Å². The van der Waals surface area contributed by atoms with Crippen LogP contribution in [0.3, 0.4) is 0 Å². The van der Waals surface area contributed by atoms with E-state index < -0.39 is 10.0 Å². The van der Waals surface area contributed by atoms with Crippen LogP contribution in [-0.2, 0) is 23.0 Å². The van der Waals surface area contributed by atoms with Crippen molar-refractivity contribution in [3.05, 3.63) is 120 Å². The van der Waals surface area contributed by atoms with Gasteiger partial charge in [0, 0.05) is 24.8 Å². The Morgan fingerprint density at radius 3 is 2.26 bits per heavy atom. The highest BCUT2D eigenvalue weighted by molar-refractivity contribution is 7.89. The normalized spacial score (nSPS) is 15.7. The summed E-state index contributed by atoms with van der Waals surface area (Å²) in [5.74, 6) is -0.283. The molecule has 0 aromatic heterocycles. The second-order valence-corrected chi connectivity index (χ2v) is 10.3. The summed E-state index contributed by atoms with van der Waals surface area (Å²) in [6.45, 7) is 1.21. The van der Waals surface area contributed by atoms with E-state index in [1.807, 2.05) is 36.4 Å². The van der Waals surface area contributed by atoms with E-state index in [0.29, 0.717) is 19.5 Å². The van der Waals surface area contributed by atoms with Crippen LogP contribution < -0.4 is 9.62 Å². The van der Waals surface area contributed by atoms with Gasteiger partial charge >= 0.3 is 0 Å². The molecule has 5 rings (SSSR count). The molecule has 0 fully saturated rings. The number of nitrogens with one attached hydrogen (secondary N) is 1. The SMILES string of the molecule is O=S(=O)(NC1Cc2cc(-c3cccc(F)c3)ccc2N(Cc2ccccc2)C1)c1ccccc1. The third-order valence-electron chi connectivity index (χ3n) is 6.08. The lowest BCUT2D eigenvalue weighted by Gasteiger charge is -2.37. The summed E-state index contributed by atoms with van der Waals surface area (Å²) >= 11 is 0. The predicted octanol–water partition coefficient (Wildman–Crippen LogP) is 5.40. The number of hydrogen-bond acceptors (Lipinski definition) is 3. The van der Waals surface area contributed by atoms with Gasteiger partial charge in [-0.05, 0) is 65.1 Å². The molecule has 0 aliphatic carbocycles. The van der Waals surface area contributed by atoms with E-state index in [4.69, 9.17) is 0 Å². The Labute approximate surface area is 199 Å². The Hall–Kier alpha value is -3.48. The first-order valence-corrected chi connectivity index (χ1v) is 12.7. The summed E-state index contributed by atoms with van der Waals surface area (Å²) in [5, 5.41) is 0. The van der Waals surface area contributed by atoms with Gasteiger partial charge in [0.15, 0.2) is 0 Å². The van der Waals surface area contributed by atoms with Gasteiger partial charge in [-0.3, -0.25) is 0 Å². The van der Waals surface area contributed by atoms with E-state index >= 15 is 0 Å². The van der Waals surface area contributed by atoms with E-state index in [-0.39, 0.29) is 16.8 Å². The molecule has 0 saturated heterocycles. The fourth-order valence-corrected chi connectivity index (χ4v) is 5.77. The lowest BCUT2D eigenvalue weighted by molar-refractivity contribution is 0.524. The average molecular weight is 473 g/mol. The van der Waals surface area contributed by atoms with Crippen LogP contribution in [0.15, 0.2) is 108 Å². The van der Waals surface area contributed by atoms with Gasteiger partial charge in [-0.25, -0.2) is 17.5 Å². The van der Waals surface area contributed by atoms with E-state index in [2.05, 4.69) is 27.8 Å². The van der Waals surface area contributed by atoms with Gasteiger partial charge in [-0.1, -0.05) is 66.7 Å². The van der Waals surface area contributed by atoms with Gasteiger partial charge in [0.05, 0.1) is 4.90 Å².